The molecular weight excluding hydrogens is 310 g/mol. The van der Waals surface area contributed by atoms with Crippen molar-refractivity contribution in [3.63, 3.8) is 0 Å². The average molecular weight is 328 g/mol. The Morgan fingerprint density at radius 1 is 1.42 bits per heavy atom. The van der Waals surface area contributed by atoms with Crippen LogP contribution in [0.4, 0.5) is 0 Å². The third-order valence-corrected chi connectivity index (χ3v) is 3.49. The van der Waals surface area contributed by atoms with Gasteiger partial charge in [0, 0.05) is 17.4 Å². The molecule has 0 aromatic heterocycles. The number of carboxylic acid groups (broad SMARTS) is 1. The van der Waals surface area contributed by atoms with Crippen LogP contribution in [0.5, 0.6) is 0 Å². The standard InChI is InChI=1S/C14H18BrNO3/c1-9-3-5-11(12(15)7-9)14(19)16-8-10(2)4-6-13(17)18/h3,5,7,10H,4,6,8H2,1-2H3,(H,16,19)(H,17,18). The molecule has 0 aliphatic rings. The number of halogens is 1. The van der Waals surface area contributed by atoms with Crippen LogP contribution in [0.1, 0.15) is 35.7 Å². The predicted octanol–water partition coefficient (Wildman–Crippen LogP) is 2.99. The van der Waals surface area contributed by atoms with Crippen LogP contribution in [0.25, 0.3) is 0 Å². The highest BCUT2D eigenvalue weighted by atomic mass is 79.9. The zero-order valence-corrected chi connectivity index (χ0v) is 12.7. The number of benzene rings is 1. The highest BCUT2D eigenvalue weighted by Gasteiger charge is 2.11. The smallest absolute Gasteiger partial charge is 0.303 e. The summed E-state index contributed by atoms with van der Waals surface area (Å²) in [6, 6.07) is 5.55. The summed E-state index contributed by atoms with van der Waals surface area (Å²) < 4.78 is 0.767. The molecule has 1 rings (SSSR count). The van der Waals surface area contributed by atoms with E-state index in [1.54, 1.807) is 6.07 Å². The normalized spacial score (nSPS) is 11.9. The Labute approximate surface area is 121 Å². The van der Waals surface area contributed by atoms with E-state index in [1.165, 1.54) is 0 Å². The Hall–Kier alpha value is -1.36. The van der Waals surface area contributed by atoms with Gasteiger partial charge >= 0.3 is 5.97 Å². The second-order valence-corrected chi connectivity index (χ2v) is 5.59. The van der Waals surface area contributed by atoms with E-state index in [1.807, 2.05) is 26.0 Å². The minimum atomic E-state index is -0.806. The zero-order chi connectivity index (χ0) is 14.4. The third-order valence-electron chi connectivity index (χ3n) is 2.83. The van der Waals surface area contributed by atoms with Crippen molar-refractivity contribution in [2.24, 2.45) is 5.92 Å². The number of hydrogen-bond donors (Lipinski definition) is 2. The number of carbonyl (C=O) groups is 2. The van der Waals surface area contributed by atoms with Gasteiger partial charge in [0.25, 0.3) is 5.91 Å². The summed E-state index contributed by atoms with van der Waals surface area (Å²) in [5.41, 5.74) is 1.68. The molecular formula is C14H18BrNO3. The first kappa shape index (κ1) is 15.7. The van der Waals surface area contributed by atoms with Crippen molar-refractivity contribution in [2.45, 2.75) is 26.7 Å². The van der Waals surface area contributed by atoms with Crippen LogP contribution >= 0.6 is 15.9 Å². The van der Waals surface area contributed by atoms with E-state index >= 15 is 0 Å². The van der Waals surface area contributed by atoms with Crippen LogP contribution in [-0.4, -0.2) is 23.5 Å². The number of carboxylic acids is 1. The van der Waals surface area contributed by atoms with Crippen molar-refractivity contribution >= 4 is 27.8 Å². The molecule has 0 saturated carbocycles. The van der Waals surface area contributed by atoms with Gasteiger partial charge in [-0.25, -0.2) is 0 Å². The van der Waals surface area contributed by atoms with Crippen molar-refractivity contribution in [3.8, 4) is 0 Å². The van der Waals surface area contributed by atoms with Gasteiger partial charge in [-0.1, -0.05) is 13.0 Å². The molecule has 0 fully saturated rings. The van der Waals surface area contributed by atoms with E-state index in [-0.39, 0.29) is 18.2 Å². The highest BCUT2D eigenvalue weighted by Crippen LogP contribution is 2.18. The summed E-state index contributed by atoms with van der Waals surface area (Å²) in [7, 11) is 0. The molecule has 0 heterocycles. The molecule has 0 aliphatic heterocycles. The van der Waals surface area contributed by atoms with Crippen molar-refractivity contribution in [2.75, 3.05) is 6.54 Å². The fourth-order valence-corrected chi connectivity index (χ4v) is 2.31. The molecule has 0 radical (unpaired) electrons. The van der Waals surface area contributed by atoms with Crippen LogP contribution in [0.3, 0.4) is 0 Å². The fourth-order valence-electron chi connectivity index (χ4n) is 1.64. The summed E-state index contributed by atoms with van der Waals surface area (Å²) in [6.07, 6.45) is 0.690. The molecule has 0 bridgehead atoms. The Morgan fingerprint density at radius 3 is 2.68 bits per heavy atom. The monoisotopic (exact) mass is 327 g/mol. The van der Waals surface area contributed by atoms with Crippen LogP contribution < -0.4 is 5.32 Å². The lowest BCUT2D eigenvalue weighted by Crippen LogP contribution is -2.28. The molecule has 1 atom stereocenters. The largest absolute Gasteiger partial charge is 0.481 e. The molecule has 1 amide bonds. The minimum absolute atomic E-state index is 0.130. The summed E-state index contributed by atoms with van der Waals surface area (Å²) in [4.78, 5) is 22.4. The molecule has 104 valence electrons. The highest BCUT2D eigenvalue weighted by molar-refractivity contribution is 9.10. The van der Waals surface area contributed by atoms with Crippen molar-refractivity contribution in [3.05, 3.63) is 33.8 Å². The first-order chi connectivity index (χ1) is 8.90. The number of hydrogen-bond acceptors (Lipinski definition) is 2. The Balaban J connectivity index is 2.49. The van der Waals surface area contributed by atoms with Crippen LogP contribution in [0.15, 0.2) is 22.7 Å². The van der Waals surface area contributed by atoms with E-state index in [9.17, 15) is 9.59 Å². The van der Waals surface area contributed by atoms with Crippen LogP contribution in [0, 0.1) is 12.8 Å². The number of aliphatic carboxylic acids is 1. The van der Waals surface area contributed by atoms with Crippen molar-refractivity contribution in [1.82, 2.24) is 5.32 Å². The summed E-state index contributed by atoms with van der Waals surface area (Å²) >= 11 is 3.37. The maximum Gasteiger partial charge on any atom is 0.303 e. The first-order valence-corrected chi connectivity index (χ1v) is 6.95. The molecule has 0 aliphatic carbocycles. The predicted molar refractivity (Wildman–Crippen MR) is 77.2 cm³/mol. The molecule has 0 saturated heterocycles. The van der Waals surface area contributed by atoms with Gasteiger partial charge in [-0.05, 0) is 52.9 Å². The number of rotatable bonds is 6. The average Bonchev–Trinajstić information content (AvgIpc) is 2.33. The van der Waals surface area contributed by atoms with Gasteiger partial charge in [0.05, 0.1) is 5.56 Å². The number of amides is 1. The number of carbonyl (C=O) groups excluding carboxylic acids is 1. The maximum atomic E-state index is 12.0. The molecule has 1 aromatic carbocycles. The molecule has 1 aromatic rings. The number of aryl methyl sites for hydroxylation is 1. The lowest BCUT2D eigenvalue weighted by atomic mass is 10.1. The summed E-state index contributed by atoms with van der Waals surface area (Å²) in [5, 5.41) is 11.4. The summed E-state index contributed by atoms with van der Waals surface area (Å²) in [6.45, 7) is 4.36. The molecule has 0 spiro atoms. The Kier molecular flexibility index (Phi) is 6.02. The van der Waals surface area contributed by atoms with Crippen molar-refractivity contribution in [1.29, 1.82) is 0 Å². The van der Waals surface area contributed by atoms with Gasteiger partial charge in [0.1, 0.15) is 0 Å². The van der Waals surface area contributed by atoms with Gasteiger partial charge in [-0.2, -0.15) is 0 Å². The van der Waals surface area contributed by atoms with Gasteiger partial charge in [0.15, 0.2) is 0 Å². The minimum Gasteiger partial charge on any atom is -0.481 e. The SMILES string of the molecule is Cc1ccc(C(=O)NCC(C)CCC(=O)O)c(Br)c1. The van der Waals surface area contributed by atoms with Crippen LogP contribution in [-0.2, 0) is 4.79 Å². The van der Waals surface area contributed by atoms with E-state index in [4.69, 9.17) is 5.11 Å². The van der Waals surface area contributed by atoms with E-state index < -0.39 is 5.97 Å². The summed E-state index contributed by atoms with van der Waals surface area (Å²) in [5.74, 6) is -0.808. The maximum absolute atomic E-state index is 12.0. The zero-order valence-electron chi connectivity index (χ0n) is 11.1. The second kappa shape index (κ2) is 7.28. The molecule has 1 unspecified atom stereocenters. The molecule has 19 heavy (non-hydrogen) atoms. The van der Waals surface area contributed by atoms with Gasteiger partial charge in [-0.15, -0.1) is 0 Å². The topological polar surface area (TPSA) is 66.4 Å². The third kappa shape index (κ3) is 5.42. The van der Waals surface area contributed by atoms with Gasteiger partial charge < -0.3 is 10.4 Å². The first-order valence-electron chi connectivity index (χ1n) is 6.16. The quantitative estimate of drug-likeness (QED) is 0.844. The van der Waals surface area contributed by atoms with Gasteiger partial charge in [0.2, 0.25) is 0 Å². The molecule has 5 heteroatoms. The van der Waals surface area contributed by atoms with E-state index in [0.29, 0.717) is 18.5 Å². The van der Waals surface area contributed by atoms with Crippen LogP contribution in [0.2, 0.25) is 0 Å². The molecule has 4 nitrogen and oxygen atoms in total. The Bertz CT molecular complexity index is 474. The second-order valence-electron chi connectivity index (χ2n) is 4.73. The van der Waals surface area contributed by atoms with Gasteiger partial charge in [-0.3, -0.25) is 9.59 Å². The Morgan fingerprint density at radius 2 is 2.11 bits per heavy atom. The lowest BCUT2D eigenvalue weighted by Gasteiger charge is -2.12. The fraction of sp³-hybridized carbons (Fsp3) is 0.429. The number of nitrogens with one attached hydrogen (secondary N) is 1. The lowest BCUT2D eigenvalue weighted by molar-refractivity contribution is -0.137. The molecule has 2 N–H and O–H groups in total. The van der Waals surface area contributed by atoms with E-state index in [0.717, 1.165) is 10.0 Å². The van der Waals surface area contributed by atoms with E-state index in [2.05, 4.69) is 21.2 Å². The van der Waals surface area contributed by atoms with Crippen molar-refractivity contribution < 1.29 is 14.7 Å².